The van der Waals surface area contributed by atoms with Crippen molar-refractivity contribution in [3.63, 3.8) is 0 Å². The fraction of sp³-hybridized carbons (Fsp3) is 0.471. The number of ether oxygens (including phenoxy) is 1. The van der Waals surface area contributed by atoms with Crippen LogP contribution in [0.4, 0.5) is 0 Å². The molecule has 1 aromatic carbocycles. The highest BCUT2D eigenvalue weighted by atomic mass is 35.5. The number of rotatable bonds is 7. The van der Waals surface area contributed by atoms with Crippen molar-refractivity contribution in [1.82, 2.24) is 9.62 Å². The highest BCUT2D eigenvalue weighted by Gasteiger charge is 2.25. The largest absolute Gasteiger partial charge is 0.482 e. The van der Waals surface area contributed by atoms with Gasteiger partial charge in [0.1, 0.15) is 5.75 Å². The third-order valence-corrected chi connectivity index (χ3v) is 5.97. The van der Waals surface area contributed by atoms with Crippen molar-refractivity contribution in [2.75, 3.05) is 19.7 Å². The SMILES string of the molecule is C=CS(=O)(=O)NC1CCN(C(=O)COc2cc(C(C)O)c(Cl)cc2Cl)CC1. The molecule has 1 aliphatic heterocycles. The normalized spacial score (nSPS) is 16.8. The standard InChI is InChI=1S/C17H22Cl2N2O5S/c1-3-27(24,25)20-12-4-6-21(7-5-12)17(23)10-26-16-8-13(11(2)22)14(18)9-15(16)19/h3,8-9,11-12,20,22H,1,4-7,10H2,2H3. The molecule has 1 unspecified atom stereocenters. The van der Waals surface area contributed by atoms with Gasteiger partial charge in [0.05, 0.1) is 11.1 Å². The number of hydrogen-bond donors (Lipinski definition) is 2. The molecule has 150 valence electrons. The monoisotopic (exact) mass is 436 g/mol. The minimum absolute atomic E-state index is 0.219. The lowest BCUT2D eigenvalue weighted by Crippen LogP contribution is -2.47. The van der Waals surface area contributed by atoms with E-state index in [1.807, 2.05) is 0 Å². The van der Waals surface area contributed by atoms with E-state index in [0.717, 1.165) is 5.41 Å². The minimum atomic E-state index is -3.48. The van der Waals surface area contributed by atoms with Crippen LogP contribution in [0, 0.1) is 0 Å². The molecule has 1 saturated heterocycles. The average Bonchev–Trinajstić information content (AvgIpc) is 2.60. The van der Waals surface area contributed by atoms with Crippen LogP contribution in [0.2, 0.25) is 10.0 Å². The number of carbonyl (C=O) groups excluding carboxylic acids is 1. The summed E-state index contributed by atoms with van der Waals surface area (Å²) in [6, 6.07) is 2.75. The van der Waals surface area contributed by atoms with Crippen LogP contribution in [0.25, 0.3) is 0 Å². The molecule has 1 aliphatic rings. The maximum atomic E-state index is 12.3. The Kier molecular flexibility index (Phi) is 7.53. The summed E-state index contributed by atoms with van der Waals surface area (Å²) in [4.78, 5) is 14.0. The van der Waals surface area contributed by atoms with Gasteiger partial charge in [-0.1, -0.05) is 29.8 Å². The lowest BCUT2D eigenvalue weighted by Gasteiger charge is -2.32. The van der Waals surface area contributed by atoms with E-state index in [2.05, 4.69) is 11.3 Å². The van der Waals surface area contributed by atoms with E-state index >= 15 is 0 Å². The molecular formula is C17H22Cl2N2O5S. The maximum Gasteiger partial charge on any atom is 0.260 e. The molecule has 0 saturated carbocycles. The summed E-state index contributed by atoms with van der Waals surface area (Å²) < 4.78 is 31.0. The molecule has 27 heavy (non-hydrogen) atoms. The number of amides is 1. The first-order valence-corrected chi connectivity index (χ1v) is 10.7. The summed E-state index contributed by atoms with van der Waals surface area (Å²) in [6.07, 6.45) is 0.213. The van der Waals surface area contributed by atoms with Gasteiger partial charge in [0, 0.05) is 35.1 Å². The number of hydrogen-bond acceptors (Lipinski definition) is 5. The zero-order valence-corrected chi connectivity index (χ0v) is 17.1. The Bertz CT molecular complexity index is 806. The van der Waals surface area contributed by atoms with Gasteiger partial charge in [0.2, 0.25) is 10.0 Å². The predicted molar refractivity (Wildman–Crippen MR) is 104 cm³/mol. The Morgan fingerprint density at radius 1 is 1.41 bits per heavy atom. The van der Waals surface area contributed by atoms with Crippen molar-refractivity contribution in [3.8, 4) is 5.75 Å². The average molecular weight is 437 g/mol. The van der Waals surface area contributed by atoms with Crippen molar-refractivity contribution >= 4 is 39.1 Å². The first-order valence-electron chi connectivity index (χ1n) is 8.35. The van der Waals surface area contributed by atoms with Gasteiger partial charge in [-0.3, -0.25) is 4.79 Å². The third kappa shape index (κ3) is 6.08. The number of nitrogens with one attached hydrogen (secondary N) is 1. The number of likely N-dealkylation sites (tertiary alicyclic amines) is 1. The smallest absolute Gasteiger partial charge is 0.260 e. The number of aliphatic hydroxyl groups excluding tert-OH is 1. The first kappa shape index (κ1) is 22.0. The van der Waals surface area contributed by atoms with Gasteiger partial charge < -0.3 is 14.7 Å². The van der Waals surface area contributed by atoms with E-state index in [0.29, 0.717) is 36.5 Å². The summed E-state index contributed by atoms with van der Waals surface area (Å²) in [5, 5.41) is 11.1. The predicted octanol–water partition coefficient (Wildman–Crippen LogP) is 2.48. The van der Waals surface area contributed by atoms with E-state index in [1.54, 1.807) is 11.8 Å². The van der Waals surface area contributed by atoms with Crippen LogP contribution in [-0.4, -0.2) is 50.1 Å². The molecule has 0 aromatic heterocycles. The van der Waals surface area contributed by atoms with E-state index in [-0.39, 0.29) is 29.3 Å². The number of halogens is 2. The first-order chi connectivity index (χ1) is 12.6. The summed E-state index contributed by atoms with van der Waals surface area (Å²) in [6.45, 7) is 5.44. The minimum Gasteiger partial charge on any atom is -0.482 e. The van der Waals surface area contributed by atoms with E-state index in [9.17, 15) is 18.3 Å². The van der Waals surface area contributed by atoms with Gasteiger partial charge >= 0.3 is 0 Å². The summed E-state index contributed by atoms with van der Waals surface area (Å²) in [7, 11) is -3.48. The topological polar surface area (TPSA) is 95.9 Å². The zero-order chi connectivity index (χ0) is 20.2. The molecule has 2 N–H and O–H groups in total. The quantitative estimate of drug-likeness (QED) is 0.684. The molecule has 1 aromatic rings. The van der Waals surface area contributed by atoms with Crippen molar-refractivity contribution in [2.45, 2.75) is 31.9 Å². The molecule has 1 fully saturated rings. The highest BCUT2D eigenvalue weighted by Crippen LogP contribution is 2.34. The van der Waals surface area contributed by atoms with Crippen molar-refractivity contribution in [1.29, 1.82) is 0 Å². The van der Waals surface area contributed by atoms with Gasteiger partial charge in [0.25, 0.3) is 5.91 Å². The van der Waals surface area contributed by atoms with Crippen LogP contribution in [-0.2, 0) is 14.8 Å². The van der Waals surface area contributed by atoms with Crippen LogP contribution in [0.5, 0.6) is 5.75 Å². The number of piperidine rings is 1. The number of benzene rings is 1. The van der Waals surface area contributed by atoms with Gasteiger partial charge in [-0.25, -0.2) is 13.1 Å². The highest BCUT2D eigenvalue weighted by molar-refractivity contribution is 7.92. The summed E-state index contributed by atoms with van der Waals surface area (Å²) in [5.74, 6) is 0.0311. The molecule has 1 amide bonds. The molecule has 0 spiro atoms. The molecular weight excluding hydrogens is 415 g/mol. The Balaban J connectivity index is 1.90. The lowest BCUT2D eigenvalue weighted by molar-refractivity contribution is -0.134. The van der Waals surface area contributed by atoms with E-state index in [4.69, 9.17) is 27.9 Å². The van der Waals surface area contributed by atoms with Crippen molar-refractivity contribution in [2.24, 2.45) is 0 Å². The van der Waals surface area contributed by atoms with E-state index < -0.39 is 16.1 Å². The molecule has 0 bridgehead atoms. The number of sulfonamides is 1. The second-order valence-electron chi connectivity index (χ2n) is 6.25. The van der Waals surface area contributed by atoms with Gasteiger partial charge in [-0.15, -0.1) is 0 Å². The molecule has 7 nitrogen and oxygen atoms in total. The molecule has 1 atom stereocenters. The summed E-state index contributed by atoms with van der Waals surface area (Å²) >= 11 is 12.1. The van der Waals surface area contributed by atoms with Crippen LogP contribution in [0.15, 0.2) is 24.1 Å². The molecule has 2 rings (SSSR count). The zero-order valence-electron chi connectivity index (χ0n) is 14.8. The maximum absolute atomic E-state index is 12.3. The van der Waals surface area contributed by atoms with Gasteiger partial charge in [-0.2, -0.15) is 0 Å². The Hall–Kier alpha value is -1.32. The van der Waals surface area contributed by atoms with Crippen LogP contribution in [0.1, 0.15) is 31.4 Å². The van der Waals surface area contributed by atoms with Crippen LogP contribution < -0.4 is 9.46 Å². The fourth-order valence-corrected chi connectivity index (χ4v) is 4.13. The fourth-order valence-electron chi connectivity index (χ4n) is 2.73. The van der Waals surface area contributed by atoms with Gasteiger partial charge in [-0.05, 0) is 31.9 Å². The third-order valence-electron chi connectivity index (χ3n) is 4.25. The molecule has 10 heteroatoms. The molecule has 0 aliphatic carbocycles. The Labute approximate surface area is 168 Å². The van der Waals surface area contributed by atoms with Crippen molar-refractivity contribution < 1.29 is 23.1 Å². The molecule has 0 radical (unpaired) electrons. The second kappa shape index (κ2) is 9.25. The molecule has 1 heterocycles. The van der Waals surface area contributed by atoms with E-state index in [1.165, 1.54) is 12.1 Å². The number of carbonyl (C=O) groups is 1. The number of nitrogens with zero attached hydrogens (tertiary/aromatic N) is 1. The Morgan fingerprint density at radius 3 is 2.59 bits per heavy atom. The summed E-state index contributed by atoms with van der Waals surface area (Å²) in [5.41, 5.74) is 0.457. The van der Waals surface area contributed by atoms with Crippen LogP contribution in [0.3, 0.4) is 0 Å². The Morgan fingerprint density at radius 2 is 2.04 bits per heavy atom. The lowest BCUT2D eigenvalue weighted by atomic mass is 10.1. The van der Waals surface area contributed by atoms with Crippen molar-refractivity contribution in [3.05, 3.63) is 39.7 Å². The number of aliphatic hydroxyl groups is 1. The van der Waals surface area contributed by atoms with Crippen LogP contribution >= 0.6 is 23.2 Å². The second-order valence-corrected chi connectivity index (χ2v) is 8.73. The van der Waals surface area contributed by atoms with Gasteiger partial charge in [0.15, 0.2) is 6.61 Å².